The third-order valence-corrected chi connectivity index (χ3v) is 3.54. The predicted octanol–water partition coefficient (Wildman–Crippen LogP) is 1.66. The van der Waals surface area contributed by atoms with Gasteiger partial charge in [0.25, 0.3) is 0 Å². The highest BCUT2D eigenvalue weighted by molar-refractivity contribution is 5.25. The standard InChI is InChI=1S/C16H32N4O/c1-12-14(13(2)20(18-12)15(3,4)5)9-17-10-16(6,21)11-19(7)8/h17,21H,9-11H2,1-8H3. The van der Waals surface area contributed by atoms with Crippen LogP contribution in [-0.4, -0.2) is 52.6 Å². The number of nitrogens with one attached hydrogen (secondary N) is 1. The highest BCUT2D eigenvalue weighted by Gasteiger charge is 2.23. The molecule has 2 N–H and O–H groups in total. The molecular weight excluding hydrogens is 264 g/mol. The smallest absolute Gasteiger partial charge is 0.0869 e. The summed E-state index contributed by atoms with van der Waals surface area (Å²) in [5, 5.41) is 18.3. The number of hydrogen-bond donors (Lipinski definition) is 2. The van der Waals surface area contributed by atoms with Crippen LogP contribution in [0.1, 0.15) is 44.6 Å². The van der Waals surface area contributed by atoms with Gasteiger partial charge in [0.15, 0.2) is 0 Å². The first-order chi connectivity index (χ1) is 9.44. The third-order valence-electron chi connectivity index (χ3n) is 3.54. The molecule has 1 aromatic heterocycles. The van der Waals surface area contributed by atoms with Gasteiger partial charge in [0.05, 0.1) is 16.8 Å². The fourth-order valence-electron chi connectivity index (χ4n) is 2.78. The average Bonchev–Trinajstić information content (AvgIpc) is 2.54. The molecule has 1 heterocycles. The van der Waals surface area contributed by atoms with Crippen molar-refractivity contribution in [3.8, 4) is 0 Å². The molecule has 1 rings (SSSR count). The van der Waals surface area contributed by atoms with Crippen LogP contribution in [0.15, 0.2) is 0 Å². The first kappa shape index (κ1) is 18.1. The van der Waals surface area contributed by atoms with Gasteiger partial charge in [0.2, 0.25) is 0 Å². The maximum Gasteiger partial charge on any atom is 0.0869 e. The molecule has 0 aliphatic carbocycles. The van der Waals surface area contributed by atoms with E-state index in [9.17, 15) is 5.11 Å². The zero-order chi connectivity index (χ0) is 16.4. The summed E-state index contributed by atoms with van der Waals surface area (Å²) in [5.41, 5.74) is 2.74. The summed E-state index contributed by atoms with van der Waals surface area (Å²) in [6.07, 6.45) is 0. The average molecular weight is 296 g/mol. The molecule has 0 saturated heterocycles. The van der Waals surface area contributed by atoms with Gasteiger partial charge in [-0.05, 0) is 55.6 Å². The molecule has 0 amide bonds. The van der Waals surface area contributed by atoms with Crippen molar-refractivity contribution in [2.24, 2.45) is 0 Å². The van der Waals surface area contributed by atoms with Crippen LogP contribution in [-0.2, 0) is 12.1 Å². The molecule has 0 radical (unpaired) electrons. The molecule has 0 fully saturated rings. The van der Waals surface area contributed by atoms with Crippen LogP contribution < -0.4 is 5.32 Å². The molecule has 0 aromatic carbocycles. The number of aliphatic hydroxyl groups is 1. The summed E-state index contributed by atoms with van der Waals surface area (Å²) >= 11 is 0. The lowest BCUT2D eigenvalue weighted by Crippen LogP contribution is -2.45. The van der Waals surface area contributed by atoms with Crippen LogP contribution in [0.4, 0.5) is 0 Å². The molecule has 0 aliphatic rings. The van der Waals surface area contributed by atoms with E-state index in [1.54, 1.807) is 0 Å². The second-order valence-electron chi connectivity index (χ2n) is 7.57. The summed E-state index contributed by atoms with van der Waals surface area (Å²) in [6, 6.07) is 0. The lowest BCUT2D eigenvalue weighted by Gasteiger charge is -2.27. The van der Waals surface area contributed by atoms with E-state index in [1.165, 1.54) is 11.3 Å². The van der Waals surface area contributed by atoms with E-state index in [-0.39, 0.29) is 5.54 Å². The molecule has 5 nitrogen and oxygen atoms in total. The minimum atomic E-state index is -0.731. The molecular formula is C16H32N4O. The summed E-state index contributed by atoms with van der Waals surface area (Å²) in [7, 11) is 3.94. The molecule has 1 atom stereocenters. The molecule has 1 aromatic rings. The van der Waals surface area contributed by atoms with E-state index in [1.807, 2.05) is 32.8 Å². The van der Waals surface area contributed by atoms with E-state index in [4.69, 9.17) is 0 Å². The molecule has 21 heavy (non-hydrogen) atoms. The summed E-state index contributed by atoms with van der Waals surface area (Å²) in [6.45, 7) is 14.4. The first-order valence-electron chi connectivity index (χ1n) is 7.57. The van der Waals surface area contributed by atoms with E-state index in [2.05, 4.69) is 42.8 Å². The van der Waals surface area contributed by atoms with Crippen LogP contribution in [0.2, 0.25) is 0 Å². The number of aryl methyl sites for hydroxylation is 1. The molecule has 5 heteroatoms. The van der Waals surface area contributed by atoms with Crippen LogP contribution in [0, 0.1) is 13.8 Å². The van der Waals surface area contributed by atoms with Gasteiger partial charge in [-0.1, -0.05) is 0 Å². The van der Waals surface area contributed by atoms with Crippen molar-refractivity contribution in [2.45, 2.75) is 59.2 Å². The van der Waals surface area contributed by atoms with Gasteiger partial charge in [-0.15, -0.1) is 0 Å². The summed E-state index contributed by atoms with van der Waals surface area (Å²) in [5.74, 6) is 0. The van der Waals surface area contributed by atoms with Crippen LogP contribution in [0.5, 0.6) is 0 Å². The monoisotopic (exact) mass is 296 g/mol. The molecule has 0 aliphatic heterocycles. The molecule has 0 saturated carbocycles. The van der Waals surface area contributed by atoms with Gasteiger partial charge in [-0.25, -0.2) is 0 Å². The largest absolute Gasteiger partial charge is 0.388 e. The Kier molecular flexibility index (Phi) is 5.58. The zero-order valence-corrected chi connectivity index (χ0v) is 14.9. The Morgan fingerprint density at radius 2 is 1.76 bits per heavy atom. The maximum atomic E-state index is 10.3. The lowest BCUT2D eigenvalue weighted by molar-refractivity contribution is 0.0335. The summed E-state index contributed by atoms with van der Waals surface area (Å²) in [4.78, 5) is 2.00. The summed E-state index contributed by atoms with van der Waals surface area (Å²) < 4.78 is 2.08. The van der Waals surface area contributed by atoms with Crippen molar-refractivity contribution < 1.29 is 5.11 Å². The Balaban J connectivity index is 2.71. The van der Waals surface area contributed by atoms with Crippen molar-refractivity contribution >= 4 is 0 Å². The van der Waals surface area contributed by atoms with Crippen molar-refractivity contribution in [2.75, 3.05) is 27.2 Å². The Hall–Kier alpha value is -0.910. The van der Waals surface area contributed by atoms with Gasteiger partial charge in [-0.3, -0.25) is 4.68 Å². The highest BCUT2D eigenvalue weighted by Crippen LogP contribution is 2.21. The second-order valence-corrected chi connectivity index (χ2v) is 7.57. The predicted molar refractivity (Wildman–Crippen MR) is 87.6 cm³/mol. The Morgan fingerprint density at radius 3 is 2.19 bits per heavy atom. The molecule has 122 valence electrons. The van der Waals surface area contributed by atoms with Gasteiger partial charge in [-0.2, -0.15) is 5.10 Å². The first-order valence-corrected chi connectivity index (χ1v) is 7.57. The fourth-order valence-corrected chi connectivity index (χ4v) is 2.78. The topological polar surface area (TPSA) is 53.3 Å². The molecule has 1 unspecified atom stereocenters. The van der Waals surface area contributed by atoms with E-state index < -0.39 is 5.60 Å². The van der Waals surface area contributed by atoms with Gasteiger partial charge >= 0.3 is 0 Å². The van der Waals surface area contributed by atoms with Gasteiger partial charge in [0, 0.05) is 30.9 Å². The van der Waals surface area contributed by atoms with Gasteiger partial charge < -0.3 is 15.3 Å². The zero-order valence-electron chi connectivity index (χ0n) is 14.9. The Morgan fingerprint density at radius 1 is 1.19 bits per heavy atom. The number of aromatic nitrogens is 2. The maximum absolute atomic E-state index is 10.3. The van der Waals surface area contributed by atoms with Crippen LogP contribution >= 0.6 is 0 Å². The van der Waals surface area contributed by atoms with E-state index in [0.29, 0.717) is 13.1 Å². The number of likely N-dealkylation sites (N-methyl/N-ethyl adjacent to an activating group) is 1. The quantitative estimate of drug-likeness (QED) is 0.838. The fraction of sp³-hybridized carbons (Fsp3) is 0.812. The van der Waals surface area contributed by atoms with Crippen molar-refractivity contribution in [3.05, 3.63) is 17.0 Å². The molecule has 0 bridgehead atoms. The SMILES string of the molecule is Cc1nn(C(C)(C)C)c(C)c1CNCC(C)(O)CN(C)C. The Bertz CT molecular complexity index is 469. The minimum absolute atomic E-state index is 0.0104. The number of rotatable bonds is 6. The van der Waals surface area contributed by atoms with Gasteiger partial charge in [0.1, 0.15) is 0 Å². The van der Waals surface area contributed by atoms with Crippen molar-refractivity contribution in [1.29, 1.82) is 0 Å². The van der Waals surface area contributed by atoms with E-state index in [0.717, 1.165) is 12.2 Å². The number of hydrogen-bond acceptors (Lipinski definition) is 4. The van der Waals surface area contributed by atoms with E-state index >= 15 is 0 Å². The molecule has 0 spiro atoms. The van der Waals surface area contributed by atoms with Crippen molar-refractivity contribution in [1.82, 2.24) is 20.0 Å². The Labute approximate surface area is 129 Å². The minimum Gasteiger partial charge on any atom is -0.388 e. The van der Waals surface area contributed by atoms with Crippen LogP contribution in [0.3, 0.4) is 0 Å². The van der Waals surface area contributed by atoms with Crippen molar-refractivity contribution in [3.63, 3.8) is 0 Å². The second kappa shape index (κ2) is 6.46. The normalized spacial score (nSPS) is 15.5. The van der Waals surface area contributed by atoms with Crippen LogP contribution in [0.25, 0.3) is 0 Å². The third kappa shape index (κ3) is 5.09. The highest BCUT2D eigenvalue weighted by atomic mass is 16.3. The number of nitrogens with zero attached hydrogens (tertiary/aromatic N) is 3. The lowest BCUT2D eigenvalue weighted by atomic mass is 10.1.